The van der Waals surface area contributed by atoms with Crippen molar-refractivity contribution < 1.29 is 4.74 Å². The van der Waals surface area contributed by atoms with Gasteiger partial charge in [0.1, 0.15) is 12.4 Å². The summed E-state index contributed by atoms with van der Waals surface area (Å²) in [6.45, 7) is 9.12. The zero-order valence-electron chi connectivity index (χ0n) is 12.7. The number of nitrogens with one attached hydrogen (secondary N) is 1. The van der Waals surface area contributed by atoms with Gasteiger partial charge in [0.15, 0.2) is 0 Å². The van der Waals surface area contributed by atoms with E-state index in [1.807, 2.05) is 6.07 Å². The van der Waals surface area contributed by atoms with Crippen LogP contribution in [0.3, 0.4) is 0 Å². The first-order chi connectivity index (χ1) is 10.5. The number of ether oxygens (including phenoxy) is 1. The van der Waals surface area contributed by atoms with Crippen molar-refractivity contribution in [2.45, 2.75) is 20.4 Å². The van der Waals surface area contributed by atoms with Crippen molar-refractivity contribution in [3.8, 4) is 5.75 Å². The van der Waals surface area contributed by atoms with Gasteiger partial charge in [0.05, 0.1) is 4.47 Å². The molecular formula is C18H19Br2NO. The maximum Gasteiger partial charge on any atom is 0.139 e. The van der Waals surface area contributed by atoms with E-state index in [4.69, 9.17) is 4.74 Å². The van der Waals surface area contributed by atoms with Crippen LogP contribution in [0.1, 0.15) is 16.7 Å². The summed E-state index contributed by atoms with van der Waals surface area (Å²) in [6, 6.07) is 10.3. The third-order valence-electron chi connectivity index (χ3n) is 3.50. The lowest BCUT2D eigenvalue weighted by Crippen LogP contribution is -2.05. The Morgan fingerprint density at radius 3 is 2.73 bits per heavy atom. The van der Waals surface area contributed by atoms with E-state index in [2.05, 4.69) is 81.9 Å². The Hall–Kier alpha value is -1.26. The Balaban J connectivity index is 2.24. The molecular weight excluding hydrogens is 406 g/mol. The minimum Gasteiger partial charge on any atom is -0.488 e. The Kier molecular flexibility index (Phi) is 6.09. The molecule has 0 aliphatic rings. The van der Waals surface area contributed by atoms with Crippen LogP contribution in [0.15, 0.2) is 51.9 Å². The first-order valence-electron chi connectivity index (χ1n) is 7.04. The number of halogens is 2. The molecule has 1 N–H and O–H groups in total. The van der Waals surface area contributed by atoms with Gasteiger partial charge in [-0.2, -0.15) is 0 Å². The number of rotatable bonds is 6. The summed E-state index contributed by atoms with van der Waals surface area (Å²) in [6.07, 6.45) is 1.75. The second-order valence-corrected chi connectivity index (χ2v) is 6.85. The molecule has 4 heteroatoms. The van der Waals surface area contributed by atoms with Gasteiger partial charge in [-0.25, -0.2) is 0 Å². The van der Waals surface area contributed by atoms with E-state index in [0.717, 1.165) is 25.9 Å². The molecule has 0 radical (unpaired) electrons. The van der Waals surface area contributed by atoms with Gasteiger partial charge in [0.25, 0.3) is 0 Å². The van der Waals surface area contributed by atoms with E-state index in [1.165, 1.54) is 11.1 Å². The maximum absolute atomic E-state index is 5.79. The average Bonchev–Trinajstić information content (AvgIpc) is 2.47. The largest absolute Gasteiger partial charge is 0.488 e. The summed E-state index contributed by atoms with van der Waals surface area (Å²) in [4.78, 5) is 0. The summed E-state index contributed by atoms with van der Waals surface area (Å²) >= 11 is 7.10. The highest BCUT2D eigenvalue weighted by Crippen LogP contribution is 2.33. The molecule has 0 bridgehead atoms. The second kappa shape index (κ2) is 7.84. The van der Waals surface area contributed by atoms with Crippen molar-refractivity contribution >= 4 is 37.5 Å². The SMILES string of the molecule is C=CCOc1c(Br)cc(Br)cc1CNc1cccc(C)c1C. The minimum atomic E-state index is 0.483. The van der Waals surface area contributed by atoms with Crippen molar-refractivity contribution in [1.82, 2.24) is 0 Å². The minimum absolute atomic E-state index is 0.483. The molecule has 0 fully saturated rings. The van der Waals surface area contributed by atoms with Gasteiger partial charge in [-0.1, -0.05) is 40.7 Å². The lowest BCUT2D eigenvalue weighted by Gasteiger charge is -2.16. The molecule has 0 spiro atoms. The maximum atomic E-state index is 5.79. The van der Waals surface area contributed by atoms with Crippen molar-refractivity contribution in [3.63, 3.8) is 0 Å². The van der Waals surface area contributed by atoms with E-state index >= 15 is 0 Å². The molecule has 0 aliphatic heterocycles. The van der Waals surface area contributed by atoms with Crippen LogP contribution in [-0.4, -0.2) is 6.61 Å². The van der Waals surface area contributed by atoms with E-state index in [9.17, 15) is 0 Å². The van der Waals surface area contributed by atoms with Crippen LogP contribution in [0.2, 0.25) is 0 Å². The van der Waals surface area contributed by atoms with Crippen LogP contribution < -0.4 is 10.1 Å². The van der Waals surface area contributed by atoms with Crippen molar-refractivity contribution in [3.05, 3.63) is 68.6 Å². The van der Waals surface area contributed by atoms with Crippen LogP contribution in [-0.2, 0) is 6.54 Å². The van der Waals surface area contributed by atoms with E-state index < -0.39 is 0 Å². The quantitative estimate of drug-likeness (QED) is 0.573. The third-order valence-corrected chi connectivity index (χ3v) is 4.55. The molecule has 2 rings (SSSR count). The summed E-state index contributed by atoms with van der Waals surface area (Å²) in [7, 11) is 0. The van der Waals surface area contributed by atoms with E-state index in [-0.39, 0.29) is 0 Å². The summed E-state index contributed by atoms with van der Waals surface area (Å²) in [5.74, 6) is 0.848. The number of anilines is 1. The van der Waals surface area contributed by atoms with Gasteiger partial charge in [-0.3, -0.25) is 0 Å². The number of hydrogen-bond donors (Lipinski definition) is 1. The Bertz CT molecular complexity index is 683. The van der Waals surface area contributed by atoms with Gasteiger partial charge >= 0.3 is 0 Å². The molecule has 0 aromatic heterocycles. The topological polar surface area (TPSA) is 21.3 Å². The van der Waals surface area contributed by atoms with Crippen LogP contribution in [0, 0.1) is 13.8 Å². The Morgan fingerprint density at radius 1 is 1.23 bits per heavy atom. The lowest BCUT2D eigenvalue weighted by atomic mass is 10.1. The van der Waals surface area contributed by atoms with Crippen molar-refractivity contribution in [1.29, 1.82) is 0 Å². The van der Waals surface area contributed by atoms with E-state index in [0.29, 0.717) is 13.2 Å². The molecule has 22 heavy (non-hydrogen) atoms. The van der Waals surface area contributed by atoms with Crippen LogP contribution in [0.5, 0.6) is 5.75 Å². The van der Waals surface area contributed by atoms with Gasteiger partial charge in [-0.05, 0) is 59.1 Å². The number of hydrogen-bond acceptors (Lipinski definition) is 2. The fourth-order valence-corrected chi connectivity index (χ4v) is 3.61. The molecule has 2 aromatic rings. The Labute approximate surface area is 148 Å². The summed E-state index contributed by atoms with van der Waals surface area (Å²) < 4.78 is 7.74. The molecule has 116 valence electrons. The predicted molar refractivity (Wildman–Crippen MR) is 101 cm³/mol. The molecule has 0 amide bonds. The highest BCUT2D eigenvalue weighted by atomic mass is 79.9. The van der Waals surface area contributed by atoms with Crippen molar-refractivity contribution in [2.75, 3.05) is 11.9 Å². The molecule has 0 heterocycles. The Morgan fingerprint density at radius 2 is 2.00 bits per heavy atom. The monoisotopic (exact) mass is 423 g/mol. The number of aryl methyl sites for hydroxylation is 1. The molecule has 0 saturated carbocycles. The van der Waals surface area contributed by atoms with Gasteiger partial charge < -0.3 is 10.1 Å². The first kappa shape index (κ1) is 17.1. The summed E-state index contributed by atoms with van der Waals surface area (Å²) in [5.41, 5.74) is 4.78. The number of benzene rings is 2. The van der Waals surface area contributed by atoms with Gasteiger partial charge in [-0.15, -0.1) is 0 Å². The fourth-order valence-electron chi connectivity index (χ4n) is 2.18. The standard InChI is InChI=1S/C18H19Br2NO/c1-4-8-22-18-14(9-15(19)10-16(18)20)11-21-17-7-5-6-12(2)13(17)3/h4-7,9-10,21H,1,8,11H2,2-3H3. The molecule has 0 unspecified atom stereocenters. The van der Waals surface area contributed by atoms with Crippen LogP contribution >= 0.6 is 31.9 Å². The summed E-state index contributed by atoms with van der Waals surface area (Å²) in [5, 5.41) is 3.49. The highest BCUT2D eigenvalue weighted by Gasteiger charge is 2.10. The molecule has 2 aromatic carbocycles. The zero-order chi connectivity index (χ0) is 16.1. The lowest BCUT2D eigenvalue weighted by molar-refractivity contribution is 0.357. The smallest absolute Gasteiger partial charge is 0.139 e. The van der Waals surface area contributed by atoms with Crippen LogP contribution in [0.25, 0.3) is 0 Å². The van der Waals surface area contributed by atoms with Crippen LogP contribution in [0.4, 0.5) is 5.69 Å². The molecule has 0 saturated heterocycles. The van der Waals surface area contributed by atoms with E-state index in [1.54, 1.807) is 6.08 Å². The molecule has 0 aliphatic carbocycles. The second-order valence-electron chi connectivity index (χ2n) is 5.08. The van der Waals surface area contributed by atoms with Gasteiger partial charge in [0.2, 0.25) is 0 Å². The first-order valence-corrected chi connectivity index (χ1v) is 8.63. The molecule has 0 atom stereocenters. The molecule has 2 nitrogen and oxygen atoms in total. The average molecular weight is 425 g/mol. The van der Waals surface area contributed by atoms with Gasteiger partial charge in [0, 0.05) is 22.3 Å². The fraction of sp³-hybridized carbons (Fsp3) is 0.222. The zero-order valence-corrected chi connectivity index (χ0v) is 15.9. The predicted octanol–water partition coefficient (Wildman–Crippen LogP) is 6.01. The normalized spacial score (nSPS) is 10.4. The highest BCUT2D eigenvalue weighted by molar-refractivity contribution is 9.11. The third kappa shape index (κ3) is 4.14. The van der Waals surface area contributed by atoms with Crippen molar-refractivity contribution in [2.24, 2.45) is 0 Å².